The standard InChI is InChI=1S/C16H15ClO4.C14H9ClO4/c1-9(16(18)19)8-12-13(17)15(21-3)11-7-5-4-6-10(11)14(12)20-2;1-7(14(18)19)6-10-11(15)13(17)9-5-3-2-4-8(9)12(10)16/h4-8H,1-3H3,(H,18,19);2-6H,1H3,(H,18,19)/b9-8+;7-6+. The lowest BCUT2D eigenvalue weighted by Gasteiger charge is -2.16. The number of hydrogen-bond acceptors (Lipinski definition) is 6. The number of hydrogen-bond donors (Lipinski definition) is 2. The van der Waals surface area contributed by atoms with Gasteiger partial charge < -0.3 is 19.7 Å². The number of carbonyl (C=O) groups excluding carboxylic acids is 2. The summed E-state index contributed by atoms with van der Waals surface area (Å²) in [5, 5.41) is 19.6. The minimum absolute atomic E-state index is 0.0614. The number of Topliss-reactive ketones (excluding diaryl/α,β-unsaturated/α-hetero) is 2. The van der Waals surface area contributed by atoms with Crippen molar-refractivity contribution < 1.29 is 38.9 Å². The summed E-state index contributed by atoms with van der Waals surface area (Å²) in [6, 6.07) is 13.8. The molecule has 0 saturated carbocycles. The van der Waals surface area contributed by atoms with Crippen LogP contribution in [-0.2, 0) is 9.59 Å². The van der Waals surface area contributed by atoms with Crippen molar-refractivity contribution in [2.45, 2.75) is 13.8 Å². The molecule has 0 bridgehead atoms. The van der Waals surface area contributed by atoms with E-state index in [-0.39, 0.29) is 32.9 Å². The largest absolute Gasteiger partial charge is 0.495 e. The van der Waals surface area contributed by atoms with E-state index >= 15 is 0 Å². The molecule has 0 radical (unpaired) electrons. The number of carboxylic acids is 2. The number of allylic oxidation sites excluding steroid dienone is 3. The van der Waals surface area contributed by atoms with Gasteiger partial charge in [-0.15, -0.1) is 0 Å². The van der Waals surface area contributed by atoms with E-state index in [1.165, 1.54) is 46.3 Å². The van der Waals surface area contributed by atoms with Gasteiger partial charge in [-0.05, 0) is 26.0 Å². The molecule has 1 aliphatic carbocycles. The molecule has 0 heterocycles. The summed E-state index contributed by atoms with van der Waals surface area (Å²) in [5.74, 6) is -2.08. The number of carboxylic acid groups (broad SMARTS) is 2. The van der Waals surface area contributed by atoms with Gasteiger partial charge >= 0.3 is 11.9 Å². The Bertz CT molecular complexity index is 1650. The van der Waals surface area contributed by atoms with Crippen LogP contribution in [0, 0.1) is 0 Å². The van der Waals surface area contributed by atoms with Crippen LogP contribution in [0.4, 0.5) is 0 Å². The zero-order valence-corrected chi connectivity index (χ0v) is 23.4. The molecule has 40 heavy (non-hydrogen) atoms. The highest BCUT2D eigenvalue weighted by molar-refractivity contribution is 6.50. The van der Waals surface area contributed by atoms with Gasteiger partial charge in [-0.25, -0.2) is 9.59 Å². The number of ketones is 2. The fraction of sp³-hybridized carbons (Fsp3) is 0.133. The van der Waals surface area contributed by atoms with Crippen molar-refractivity contribution in [3.63, 3.8) is 0 Å². The third kappa shape index (κ3) is 5.93. The number of benzene rings is 3. The fourth-order valence-electron chi connectivity index (χ4n) is 3.96. The molecule has 1 aliphatic rings. The van der Waals surface area contributed by atoms with E-state index in [1.807, 2.05) is 24.3 Å². The van der Waals surface area contributed by atoms with Gasteiger partial charge in [-0.2, -0.15) is 0 Å². The second-order valence-corrected chi connectivity index (χ2v) is 9.29. The third-order valence-corrected chi connectivity index (χ3v) is 6.75. The summed E-state index contributed by atoms with van der Waals surface area (Å²) in [5.41, 5.74) is 0.991. The first-order chi connectivity index (χ1) is 18.9. The molecule has 0 atom stereocenters. The van der Waals surface area contributed by atoms with Crippen molar-refractivity contribution in [3.8, 4) is 11.5 Å². The molecule has 0 aromatic heterocycles. The minimum Gasteiger partial charge on any atom is -0.495 e. The van der Waals surface area contributed by atoms with E-state index in [4.69, 9.17) is 42.9 Å². The molecule has 4 rings (SSSR count). The molecule has 3 aromatic rings. The molecule has 0 spiro atoms. The first kappa shape index (κ1) is 30.1. The molecule has 0 fully saturated rings. The Hall–Kier alpha value is -4.40. The van der Waals surface area contributed by atoms with Crippen molar-refractivity contribution in [2.75, 3.05) is 14.2 Å². The summed E-state index contributed by atoms with van der Waals surface area (Å²) < 4.78 is 10.8. The number of rotatable bonds is 6. The third-order valence-electron chi connectivity index (χ3n) is 6.00. The predicted octanol–water partition coefficient (Wildman–Crippen LogP) is 6.59. The van der Waals surface area contributed by atoms with Crippen molar-refractivity contribution in [1.29, 1.82) is 0 Å². The Morgan fingerprint density at radius 1 is 0.725 bits per heavy atom. The lowest BCUT2D eigenvalue weighted by atomic mass is 9.88. The summed E-state index contributed by atoms with van der Waals surface area (Å²) in [4.78, 5) is 46.0. The predicted molar refractivity (Wildman–Crippen MR) is 153 cm³/mol. The highest BCUT2D eigenvalue weighted by Gasteiger charge is 2.30. The van der Waals surface area contributed by atoms with Crippen LogP contribution in [0.2, 0.25) is 5.02 Å². The molecule has 10 heteroatoms. The molecule has 2 N–H and O–H groups in total. The van der Waals surface area contributed by atoms with Gasteiger partial charge in [0.05, 0.1) is 24.3 Å². The van der Waals surface area contributed by atoms with Crippen LogP contribution in [0.25, 0.3) is 16.8 Å². The zero-order chi connectivity index (χ0) is 29.7. The van der Waals surface area contributed by atoms with Crippen LogP contribution in [0.5, 0.6) is 11.5 Å². The lowest BCUT2D eigenvalue weighted by Crippen LogP contribution is -2.19. The normalized spacial score (nSPS) is 13.4. The Morgan fingerprint density at radius 2 is 1.18 bits per heavy atom. The van der Waals surface area contributed by atoms with E-state index in [1.54, 1.807) is 12.1 Å². The quantitative estimate of drug-likeness (QED) is 0.311. The maximum atomic E-state index is 12.2. The second kappa shape index (κ2) is 12.6. The van der Waals surface area contributed by atoms with Gasteiger partial charge in [0.25, 0.3) is 0 Å². The van der Waals surface area contributed by atoms with Crippen molar-refractivity contribution in [1.82, 2.24) is 0 Å². The van der Waals surface area contributed by atoms with E-state index in [0.717, 1.165) is 16.8 Å². The average Bonchev–Trinajstić information content (AvgIpc) is 2.94. The maximum Gasteiger partial charge on any atom is 0.331 e. The Balaban J connectivity index is 0.000000222. The number of carbonyl (C=O) groups is 4. The van der Waals surface area contributed by atoms with Gasteiger partial charge in [-0.3, -0.25) is 9.59 Å². The molecular weight excluding hydrogens is 559 g/mol. The number of methoxy groups -OCH3 is 2. The maximum absolute atomic E-state index is 12.2. The molecule has 0 unspecified atom stereocenters. The van der Waals surface area contributed by atoms with Gasteiger partial charge in [0.1, 0.15) is 11.5 Å². The number of halogens is 2. The molecular formula is C30H24Cl2O8. The van der Waals surface area contributed by atoms with Crippen LogP contribution >= 0.6 is 23.2 Å². The SMILES string of the molecule is C/C(=C\C1=C(Cl)C(=O)c2ccccc2C1=O)C(=O)O.COc1c(Cl)c(/C=C(\C)C(=O)O)c(OC)c2ccccc12. The highest BCUT2D eigenvalue weighted by Crippen LogP contribution is 2.44. The summed E-state index contributed by atoms with van der Waals surface area (Å²) in [6.07, 6.45) is 2.61. The molecule has 3 aromatic carbocycles. The monoisotopic (exact) mass is 582 g/mol. The van der Waals surface area contributed by atoms with Crippen LogP contribution < -0.4 is 9.47 Å². The Kier molecular flexibility index (Phi) is 9.52. The van der Waals surface area contributed by atoms with Gasteiger partial charge in [0, 0.05) is 44.2 Å². The zero-order valence-electron chi connectivity index (χ0n) is 21.9. The Morgan fingerprint density at radius 3 is 1.68 bits per heavy atom. The smallest absolute Gasteiger partial charge is 0.331 e. The van der Waals surface area contributed by atoms with Crippen LogP contribution in [-0.4, -0.2) is 47.9 Å². The molecule has 206 valence electrons. The number of fused-ring (bicyclic) bond motifs is 2. The fourth-order valence-corrected chi connectivity index (χ4v) is 4.52. The molecule has 8 nitrogen and oxygen atoms in total. The second-order valence-electron chi connectivity index (χ2n) is 8.54. The van der Waals surface area contributed by atoms with Crippen LogP contribution in [0.1, 0.15) is 40.1 Å². The van der Waals surface area contributed by atoms with Gasteiger partial charge in [-0.1, -0.05) is 71.7 Å². The first-order valence-electron chi connectivity index (χ1n) is 11.7. The van der Waals surface area contributed by atoms with E-state index < -0.39 is 23.5 Å². The van der Waals surface area contributed by atoms with Crippen molar-refractivity contribution in [2.24, 2.45) is 0 Å². The lowest BCUT2D eigenvalue weighted by molar-refractivity contribution is -0.133. The minimum atomic E-state index is -1.17. The topological polar surface area (TPSA) is 127 Å². The Labute approximate surface area is 239 Å². The van der Waals surface area contributed by atoms with Gasteiger partial charge in [0.15, 0.2) is 5.78 Å². The van der Waals surface area contributed by atoms with E-state index in [2.05, 4.69) is 0 Å². The molecule has 0 amide bonds. The van der Waals surface area contributed by atoms with Gasteiger partial charge in [0.2, 0.25) is 5.78 Å². The van der Waals surface area contributed by atoms with E-state index in [9.17, 15) is 19.2 Å². The molecule has 0 saturated heterocycles. The van der Waals surface area contributed by atoms with Crippen LogP contribution in [0.15, 0.2) is 76.4 Å². The van der Waals surface area contributed by atoms with Crippen molar-refractivity contribution >= 4 is 63.6 Å². The number of aliphatic carboxylic acids is 2. The average molecular weight is 583 g/mol. The summed E-state index contributed by atoms with van der Waals surface area (Å²) in [6.45, 7) is 2.83. The summed E-state index contributed by atoms with van der Waals surface area (Å²) in [7, 11) is 3.05. The van der Waals surface area contributed by atoms with Crippen molar-refractivity contribution in [3.05, 3.63) is 98.1 Å². The van der Waals surface area contributed by atoms with Crippen LogP contribution in [0.3, 0.4) is 0 Å². The summed E-state index contributed by atoms with van der Waals surface area (Å²) >= 11 is 12.3. The molecule has 0 aliphatic heterocycles. The highest BCUT2D eigenvalue weighted by atomic mass is 35.5. The van der Waals surface area contributed by atoms with E-state index in [0.29, 0.717) is 22.1 Å². The first-order valence-corrected chi connectivity index (χ1v) is 12.4. The number of ether oxygens (including phenoxy) is 2.